The second kappa shape index (κ2) is 4.88. The number of hydrogen-bond donors (Lipinski definition) is 0. The molecule has 4 heteroatoms. The van der Waals surface area contributed by atoms with Gasteiger partial charge < -0.3 is 4.90 Å². The Hall–Kier alpha value is -0.350. The number of carbonyl (C=O) groups is 1. The van der Waals surface area contributed by atoms with Gasteiger partial charge in [-0.15, -0.1) is 0 Å². The second-order valence-electron chi connectivity index (χ2n) is 4.16. The molecule has 1 saturated heterocycles. The van der Waals surface area contributed by atoms with Gasteiger partial charge in [-0.1, -0.05) is 37.9 Å². The molecule has 0 spiro atoms. The van der Waals surface area contributed by atoms with Gasteiger partial charge in [0.15, 0.2) is 0 Å². The lowest BCUT2D eigenvalue weighted by Crippen LogP contribution is -2.25. The summed E-state index contributed by atoms with van der Waals surface area (Å²) < 4.78 is 1.02. The van der Waals surface area contributed by atoms with Crippen molar-refractivity contribution in [2.45, 2.75) is 13.3 Å². The molecule has 1 unspecified atom stereocenters. The van der Waals surface area contributed by atoms with Gasteiger partial charge in [0.25, 0.3) is 0 Å². The first-order valence-corrected chi connectivity index (χ1v) is 7.15. The van der Waals surface area contributed by atoms with E-state index in [4.69, 9.17) is 0 Å². The number of benzene rings is 1. The average Bonchev–Trinajstić information content (AvgIpc) is 2.63. The van der Waals surface area contributed by atoms with Crippen molar-refractivity contribution in [3.63, 3.8) is 0 Å². The molecular weight excluding hydrogens is 334 g/mol. The molecule has 1 fully saturated rings. The fraction of sp³-hybridized carbons (Fsp3) is 0.417. The van der Waals surface area contributed by atoms with Crippen LogP contribution < -0.4 is 4.90 Å². The Morgan fingerprint density at radius 1 is 1.50 bits per heavy atom. The van der Waals surface area contributed by atoms with Crippen molar-refractivity contribution in [3.05, 3.63) is 28.2 Å². The van der Waals surface area contributed by atoms with Gasteiger partial charge in [0.05, 0.1) is 0 Å². The summed E-state index contributed by atoms with van der Waals surface area (Å²) in [6.45, 7) is 2.86. The van der Waals surface area contributed by atoms with Crippen molar-refractivity contribution in [2.75, 3.05) is 16.8 Å². The molecule has 1 aromatic rings. The summed E-state index contributed by atoms with van der Waals surface area (Å²) in [6.07, 6.45) is 0.650. The summed E-state index contributed by atoms with van der Waals surface area (Å²) in [6, 6.07) is 6.05. The molecular formula is C12H13Br2NO. The molecule has 0 aromatic heterocycles. The van der Waals surface area contributed by atoms with E-state index in [0.717, 1.165) is 27.6 Å². The molecule has 1 amide bonds. The SMILES string of the molecule is Cc1ccc(Br)cc1N1CC(CBr)CC1=O. The molecule has 1 heterocycles. The Labute approximate surface area is 112 Å². The van der Waals surface area contributed by atoms with E-state index in [-0.39, 0.29) is 5.91 Å². The summed E-state index contributed by atoms with van der Waals surface area (Å²) in [5.41, 5.74) is 2.18. The van der Waals surface area contributed by atoms with Gasteiger partial charge in [0.2, 0.25) is 5.91 Å². The van der Waals surface area contributed by atoms with Crippen LogP contribution in [0.2, 0.25) is 0 Å². The second-order valence-corrected chi connectivity index (χ2v) is 5.72. The van der Waals surface area contributed by atoms with Crippen LogP contribution >= 0.6 is 31.9 Å². The monoisotopic (exact) mass is 345 g/mol. The van der Waals surface area contributed by atoms with E-state index in [1.165, 1.54) is 0 Å². The van der Waals surface area contributed by atoms with E-state index < -0.39 is 0 Å². The third-order valence-corrected chi connectivity index (χ3v) is 4.29. The Balaban J connectivity index is 2.30. The zero-order valence-corrected chi connectivity index (χ0v) is 12.2. The van der Waals surface area contributed by atoms with Gasteiger partial charge >= 0.3 is 0 Å². The van der Waals surface area contributed by atoms with Gasteiger partial charge in [-0.3, -0.25) is 4.79 Å². The topological polar surface area (TPSA) is 20.3 Å². The fourth-order valence-corrected chi connectivity index (χ4v) is 2.77. The van der Waals surface area contributed by atoms with Crippen LogP contribution in [0.4, 0.5) is 5.69 Å². The molecule has 0 N–H and O–H groups in total. The highest BCUT2D eigenvalue weighted by Crippen LogP contribution is 2.30. The minimum absolute atomic E-state index is 0.227. The molecule has 2 nitrogen and oxygen atoms in total. The van der Waals surface area contributed by atoms with E-state index in [9.17, 15) is 4.79 Å². The van der Waals surface area contributed by atoms with Gasteiger partial charge in [-0.2, -0.15) is 0 Å². The maximum absolute atomic E-state index is 11.9. The quantitative estimate of drug-likeness (QED) is 0.750. The Morgan fingerprint density at radius 2 is 2.25 bits per heavy atom. The number of nitrogens with zero attached hydrogens (tertiary/aromatic N) is 1. The first kappa shape index (κ1) is 12.1. The number of halogens is 2. The zero-order valence-electron chi connectivity index (χ0n) is 9.04. The minimum atomic E-state index is 0.227. The summed E-state index contributed by atoms with van der Waals surface area (Å²) in [4.78, 5) is 13.8. The number of rotatable bonds is 2. The maximum atomic E-state index is 11.9. The van der Waals surface area contributed by atoms with Crippen LogP contribution in [-0.4, -0.2) is 17.8 Å². The number of aryl methyl sites for hydroxylation is 1. The van der Waals surface area contributed by atoms with Gasteiger partial charge in [-0.05, 0) is 30.5 Å². The molecule has 0 aliphatic carbocycles. The maximum Gasteiger partial charge on any atom is 0.227 e. The van der Waals surface area contributed by atoms with Crippen LogP contribution in [0.25, 0.3) is 0 Å². The molecule has 1 atom stereocenters. The van der Waals surface area contributed by atoms with Crippen molar-refractivity contribution in [1.82, 2.24) is 0 Å². The average molecular weight is 347 g/mol. The number of carbonyl (C=O) groups excluding carboxylic acids is 1. The zero-order chi connectivity index (χ0) is 11.7. The summed E-state index contributed by atoms with van der Waals surface area (Å²) in [5.74, 6) is 0.663. The van der Waals surface area contributed by atoms with E-state index in [1.807, 2.05) is 30.0 Å². The number of hydrogen-bond acceptors (Lipinski definition) is 1. The normalized spacial score (nSPS) is 20.6. The van der Waals surface area contributed by atoms with Crippen LogP contribution in [0.15, 0.2) is 22.7 Å². The first-order valence-electron chi connectivity index (χ1n) is 5.24. The molecule has 0 saturated carbocycles. The standard InChI is InChI=1S/C12H13Br2NO/c1-8-2-3-10(14)5-11(8)15-7-9(6-13)4-12(15)16/h2-3,5,9H,4,6-7H2,1H3. The van der Waals surface area contributed by atoms with Crippen molar-refractivity contribution in [3.8, 4) is 0 Å². The first-order chi connectivity index (χ1) is 7.61. The highest BCUT2D eigenvalue weighted by atomic mass is 79.9. The van der Waals surface area contributed by atoms with Crippen LogP contribution in [0.5, 0.6) is 0 Å². The summed E-state index contributed by atoms with van der Waals surface area (Å²) in [7, 11) is 0. The number of alkyl halides is 1. The third kappa shape index (κ3) is 2.33. The molecule has 0 bridgehead atoms. The van der Waals surface area contributed by atoms with Crippen LogP contribution in [-0.2, 0) is 4.79 Å². The van der Waals surface area contributed by atoms with E-state index >= 15 is 0 Å². The Kier molecular flexibility index (Phi) is 3.70. The number of anilines is 1. The van der Waals surface area contributed by atoms with E-state index in [2.05, 4.69) is 31.9 Å². The molecule has 1 aliphatic heterocycles. The summed E-state index contributed by atoms with van der Waals surface area (Å²) >= 11 is 6.90. The summed E-state index contributed by atoms with van der Waals surface area (Å²) in [5, 5.41) is 0.891. The van der Waals surface area contributed by atoms with Crippen molar-refractivity contribution in [2.24, 2.45) is 5.92 Å². The molecule has 1 aliphatic rings. The minimum Gasteiger partial charge on any atom is -0.312 e. The van der Waals surface area contributed by atoms with Crippen LogP contribution in [0.1, 0.15) is 12.0 Å². The van der Waals surface area contributed by atoms with Crippen LogP contribution in [0.3, 0.4) is 0 Å². The van der Waals surface area contributed by atoms with Crippen molar-refractivity contribution >= 4 is 43.5 Å². The van der Waals surface area contributed by atoms with Gasteiger partial charge in [0.1, 0.15) is 0 Å². The predicted octanol–water partition coefficient (Wildman–Crippen LogP) is 3.51. The molecule has 86 valence electrons. The van der Waals surface area contributed by atoms with Gasteiger partial charge in [0, 0.05) is 28.5 Å². The third-order valence-electron chi connectivity index (χ3n) is 2.89. The highest BCUT2D eigenvalue weighted by Gasteiger charge is 2.30. The van der Waals surface area contributed by atoms with Crippen molar-refractivity contribution < 1.29 is 4.79 Å². The highest BCUT2D eigenvalue weighted by molar-refractivity contribution is 9.10. The Morgan fingerprint density at radius 3 is 2.88 bits per heavy atom. The molecule has 0 radical (unpaired) electrons. The largest absolute Gasteiger partial charge is 0.312 e. The number of amides is 1. The van der Waals surface area contributed by atoms with Crippen molar-refractivity contribution in [1.29, 1.82) is 0 Å². The Bertz CT molecular complexity index is 419. The lowest BCUT2D eigenvalue weighted by molar-refractivity contribution is -0.117. The molecule has 1 aromatic carbocycles. The fourth-order valence-electron chi connectivity index (χ4n) is 1.99. The predicted molar refractivity (Wildman–Crippen MR) is 73.1 cm³/mol. The molecule has 16 heavy (non-hydrogen) atoms. The van der Waals surface area contributed by atoms with E-state index in [1.54, 1.807) is 0 Å². The van der Waals surface area contributed by atoms with E-state index in [0.29, 0.717) is 12.3 Å². The smallest absolute Gasteiger partial charge is 0.227 e. The lowest BCUT2D eigenvalue weighted by atomic mass is 10.1. The van der Waals surface area contributed by atoms with Gasteiger partial charge in [-0.25, -0.2) is 0 Å². The lowest BCUT2D eigenvalue weighted by Gasteiger charge is -2.19. The molecule has 2 rings (SSSR count). The van der Waals surface area contributed by atoms with Crippen LogP contribution in [0, 0.1) is 12.8 Å².